The van der Waals surface area contributed by atoms with E-state index in [2.05, 4.69) is 41.3 Å². The highest BCUT2D eigenvalue weighted by molar-refractivity contribution is 5.92. The number of anilines is 1. The molecule has 6 nitrogen and oxygen atoms in total. The van der Waals surface area contributed by atoms with E-state index in [0.717, 1.165) is 19.4 Å². The minimum absolute atomic E-state index is 0.204. The zero-order valence-electron chi connectivity index (χ0n) is 11.9. The first-order valence-corrected chi connectivity index (χ1v) is 6.58. The van der Waals surface area contributed by atoms with Crippen molar-refractivity contribution >= 4 is 11.7 Å². The summed E-state index contributed by atoms with van der Waals surface area (Å²) < 4.78 is 0. The van der Waals surface area contributed by atoms with E-state index in [1.807, 2.05) is 0 Å². The van der Waals surface area contributed by atoms with Crippen molar-refractivity contribution in [1.29, 1.82) is 0 Å². The zero-order valence-corrected chi connectivity index (χ0v) is 11.9. The molecule has 106 valence electrons. The summed E-state index contributed by atoms with van der Waals surface area (Å²) >= 11 is 0. The van der Waals surface area contributed by atoms with E-state index >= 15 is 0 Å². The Balaban J connectivity index is 2.19. The molecule has 0 bridgehead atoms. The molecule has 0 aliphatic heterocycles. The molecule has 0 saturated carbocycles. The average Bonchev–Trinajstić information content (AvgIpc) is 2.38. The number of nitrogens with zero attached hydrogens (tertiary/aromatic N) is 3. The molecule has 1 aromatic heterocycles. The lowest BCUT2D eigenvalue weighted by molar-refractivity contribution is 0.0946. The van der Waals surface area contributed by atoms with Gasteiger partial charge in [-0.15, -0.1) is 10.2 Å². The van der Waals surface area contributed by atoms with Crippen molar-refractivity contribution in [2.45, 2.75) is 32.7 Å². The monoisotopic (exact) mass is 265 g/mol. The molecule has 1 rings (SSSR count). The van der Waals surface area contributed by atoms with Crippen LogP contribution < -0.4 is 11.1 Å². The number of carbonyl (C=O) groups is 1. The van der Waals surface area contributed by atoms with Crippen molar-refractivity contribution in [1.82, 2.24) is 20.4 Å². The largest absolute Gasteiger partial charge is 0.382 e. The molecule has 6 heteroatoms. The highest BCUT2D eigenvalue weighted by Crippen LogP contribution is 1.99. The van der Waals surface area contributed by atoms with Crippen LogP contribution in [0.4, 0.5) is 5.82 Å². The number of nitrogen functional groups attached to an aromatic ring is 1. The van der Waals surface area contributed by atoms with Gasteiger partial charge in [-0.25, -0.2) is 0 Å². The van der Waals surface area contributed by atoms with E-state index in [-0.39, 0.29) is 5.91 Å². The van der Waals surface area contributed by atoms with Crippen LogP contribution in [0.3, 0.4) is 0 Å². The lowest BCUT2D eigenvalue weighted by atomic mass is 10.2. The van der Waals surface area contributed by atoms with Gasteiger partial charge >= 0.3 is 0 Å². The van der Waals surface area contributed by atoms with Crippen LogP contribution in [-0.4, -0.2) is 47.2 Å². The van der Waals surface area contributed by atoms with Crippen LogP contribution >= 0.6 is 0 Å². The molecule has 19 heavy (non-hydrogen) atoms. The van der Waals surface area contributed by atoms with Gasteiger partial charge in [-0.1, -0.05) is 0 Å². The quantitative estimate of drug-likeness (QED) is 0.716. The van der Waals surface area contributed by atoms with Crippen molar-refractivity contribution in [2.24, 2.45) is 0 Å². The van der Waals surface area contributed by atoms with Gasteiger partial charge in [-0.2, -0.15) is 0 Å². The molecular formula is C13H23N5O. The summed E-state index contributed by atoms with van der Waals surface area (Å²) in [6, 6.07) is 3.70. The van der Waals surface area contributed by atoms with Crippen LogP contribution in [0, 0.1) is 0 Å². The summed E-state index contributed by atoms with van der Waals surface area (Å²) in [7, 11) is 2.10. The number of nitrogens with one attached hydrogen (secondary N) is 1. The third kappa shape index (κ3) is 5.65. The molecule has 0 radical (unpaired) electrons. The van der Waals surface area contributed by atoms with E-state index < -0.39 is 0 Å². The first-order valence-electron chi connectivity index (χ1n) is 6.58. The molecule has 0 spiro atoms. The van der Waals surface area contributed by atoms with Gasteiger partial charge < -0.3 is 16.0 Å². The maximum Gasteiger partial charge on any atom is 0.271 e. The second-order valence-corrected chi connectivity index (χ2v) is 4.88. The molecule has 1 heterocycles. The fourth-order valence-electron chi connectivity index (χ4n) is 1.50. The fraction of sp³-hybridized carbons (Fsp3) is 0.615. The van der Waals surface area contributed by atoms with Gasteiger partial charge in [0, 0.05) is 12.6 Å². The summed E-state index contributed by atoms with van der Waals surface area (Å²) in [5, 5.41) is 10.2. The Labute approximate surface area is 114 Å². The molecule has 0 unspecified atom stereocenters. The van der Waals surface area contributed by atoms with Crippen molar-refractivity contribution in [3.05, 3.63) is 17.8 Å². The van der Waals surface area contributed by atoms with Gasteiger partial charge in [0.2, 0.25) is 0 Å². The Kier molecular flexibility index (Phi) is 6.21. The molecule has 0 aliphatic carbocycles. The first-order chi connectivity index (χ1) is 9.00. The van der Waals surface area contributed by atoms with Crippen LogP contribution in [0.25, 0.3) is 0 Å². The lowest BCUT2D eigenvalue weighted by Crippen LogP contribution is -2.29. The average molecular weight is 265 g/mol. The van der Waals surface area contributed by atoms with Gasteiger partial charge in [-0.05, 0) is 52.4 Å². The normalized spacial score (nSPS) is 11.0. The number of nitrogens with two attached hydrogens (primary N) is 1. The molecule has 0 saturated heterocycles. The van der Waals surface area contributed by atoms with Gasteiger partial charge in [0.25, 0.3) is 5.91 Å². The minimum Gasteiger partial charge on any atom is -0.382 e. The molecule has 1 amide bonds. The Bertz CT molecular complexity index is 391. The molecular weight excluding hydrogens is 242 g/mol. The van der Waals surface area contributed by atoms with Crippen LogP contribution in [0.2, 0.25) is 0 Å². The molecule has 0 aliphatic rings. The van der Waals surface area contributed by atoms with Crippen LogP contribution in [0.5, 0.6) is 0 Å². The van der Waals surface area contributed by atoms with Crippen molar-refractivity contribution in [3.63, 3.8) is 0 Å². The van der Waals surface area contributed by atoms with E-state index in [1.165, 1.54) is 0 Å². The molecule has 0 fully saturated rings. The van der Waals surface area contributed by atoms with Crippen LogP contribution in [0.1, 0.15) is 37.2 Å². The van der Waals surface area contributed by atoms with Gasteiger partial charge in [0.15, 0.2) is 5.69 Å². The SMILES string of the molecule is CC(C)N(C)CCCCNC(=O)c1ccc(N)nn1. The predicted octanol–water partition coefficient (Wildman–Crippen LogP) is 0.909. The maximum absolute atomic E-state index is 11.7. The van der Waals surface area contributed by atoms with Gasteiger partial charge in [0.05, 0.1) is 0 Å². The Hall–Kier alpha value is -1.69. The number of unbranched alkanes of at least 4 members (excludes halogenated alkanes) is 1. The summed E-state index contributed by atoms with van der Waals surface area (Å²) in [5.74, 6) is 0.109. The highest BCUT2D eigenvalue weighted by atomic mass is 16.1. The van der Waals surface area contributed by atoms with E-state index in [0.29, 0.717) is 24.1 Å². The van der Waals surface area contributed by atoms with Gasteiger partial charge in [0.1, 0.15) is 5.82 Å². The second-order valence-electron chi connectivity index (χ2n) is 4.88. The number of aromatic nitrogens is 2. The lowest BCUT2D eigenvalue weighted by Gasteiger charge is -2.20. The smallest absolute Gasteiger partial charge is 0.271 e. The Morgan fingerprint density at radius 3 is 2.68 bits per heavy atom. The number of hydrogen-bond acceptors (Lipinski definition) is 5. The topological polar surface area (TPSA) is 84.1 Å². The third-order valence-corrected chi connectivity index (χ3v) is 3.02. The second kappa shape index (κ2) is 7.68. The first kappa shape index (κ1) is 15.4. The van der Waals surface area contributed by atoms with Crippen LogP contribution in [0.15, 0.2) is 12.1 Å². The standard InChI is InChI=1S/C13H23N5O/c1-10(2)18(3)9-5-4-8-15-13(19)11-6-7-12(14)17-16-11/h6-7,10H,4-5,8-9H2,1-3H3,(H2,14,17)(H,15,19). The summed E-state index contributed by atoms with van der Waals surface area (Å²) in [6.45, 7) is 6.02. The van der Waals surface area contributed by atoms with E-state index in [9.17, 15) is 4.79 Å². The fourth-order valence-corrected chi connectivity index (χ4v) is 1.50. The number of rotatable bonds is 7. The number of carbonyl (C=O) groups excluding carboxylic acids is 1. The Morgan fingerprint density at radius 1 is 1.37 bits per heavy atom. The summed E-state index contributed by atoms with van der Waals surface area (Å²) in [6.07, 6.45) is 2.01. The third-order valence-electron chi connectivity index (χ3n) is 3.02. The number of amides is 1. The molecule has 3 N–H and O–H groups in total. The molecule has 0 atom stereocenters. The van der Waals surface area contributed by atoms with E-state index in [4.69, 9.17) is 5.73 Å². The van der Waals surface area contributed by atoms with Crippen molar-refractivity contribution < 1.29 is 4.79 Å². The number of hydrogen-bond donors (Lipinski definition) is 2. The Morgan fingerprint density at radius 2 is 2.11 bits per heavy atom. The zero-order chi connectivity index (χ0) is 14.3. The van der Waals surface area contributed by atoms with Gasteiger partial charge in [-0.3, -0.25) is 4.79 Å². The van der Waals surface area contributed by atoms with Crippen LogP contribution in [-0.2, 0) is 0 Å². The summed E-state index contributed by atoms with van der Waals surface area (Å²) in [5.41, 5.74) is 5.71. The van der Waals surface area contributed by atoms with E-state index in [1.54, 1.807) is 12.1 Å². The predicted molar refractivity (Wildman–Crippen MR) is 75.8 cm³/mol. The molecule has 0 aromatic carbocycles. The maximum atomic E-state index is 11.7. The van der Waals surface area contributed by atoms with Crippen molar-refractivity contribution in [3.8, 4) is 0 Å². The summed E-state index contributed by atoms with van der Waals surface area (Å²) in [4.78, 5) is 14.0. The highest BCUT2D eigenvalue weighted by Gasteiger charge is 2.07. The minimum atomic E-state index is -0.204. The van der Waals surface area contributed by atoms with Crippen molar-refractivity contribution in [2.75, 3.05) is 25.9 Å². The molecule has 1 aromatic rings.